The second-order valence-electron chi connectivity index (χ2n) is 4.06. The average Bonchev–Trinajstić information content (AvgIpc) is 3.02. The Morgan fingerprint density at radius 2 is 2.13 bits per heavy atom. The second kappa shape index (κ2) is 3.93. The van der Waals surface area contributed by atoms with Crippen molar-refractivity contribution < 1.29 is 9.53 Å². The first-order valence-electron chi connectivity index (χ1n) is 5.14. The zero-order valence-corrected chi connectivity index (χ0v) is 9.06. The maximum Gasteiger partial charge on any atom is 0.150 e. The third kappa shape index (κ3) is 2.29. The minimum absolute atomic E-state index is 0.380. The van der Waals surface area contributed by atoms with E-state index < -0.39 is 0 Å². The lowest BCUT2D eigenvalue weighted by atomic mass is 10.2. The summed E-state index contributed by atoms with van der Waals surface area (Å²) in [4.78, 5) is 12.6. The lowest BCUT2D eigenvalue weighted by Gasteiger charge is -2.18. The molecule has 1 aliphatic carbocycles. The van der Waals surface area contributed by atoms with Crippen LogP contribution >= 0.6 is 0 Å². The van der Waals surface area contributed by atoms with E-state index in [1.165, 1.54) is 0 Å². The van der Waals surface area contributed by atoms with Gasteiger partial charge in [0.2, 0.25) is 0 Å². The molecule has 0 heterocycles. The van der Waals surface area contributed by atoms with Crippen LogP contribution in [0.4, 0.5) is 5.69 Å². The molecule has 0 atom stereocenters. The van der Waals surface area contributed by atoms with E-state index in [1.807, 2.05) is 31.1 Å². The molecule has 1 aromatic rings. The first kappa shape index (κ1) is 10.0. The topological polar surface area (TPSA) is 29.5 Å². The van der Waals surface area contributed by atoms with Crippen molar-refractivity contribution in [3.05, 3.63) is 23.8 Å². The van der Waals surface area contributed by atoms with Gasteiger partial charge in [0.1, 0.15) is 12.0 Å². The van der Waals surface area contributed by atoms with Gasteiger partial charge < -0.3 is 9.64 Å². The number of anilines is 1. The van der Waals surface area contributed by atoms with E-state index in [4.69, 9.17) is 4.74 Å². The highest BCUT2D eigenvalue weighted by molar-refractivity contribution is 5.78. The Morgan fingerprint density at radius 3 is 2.67 bits per heavy atom. The van der Waals surface area contributed by atoms with Gasteiger partial charge in [-0.1, -0.05) is 0 Å². The monoisotopic (exact) mass is 205 g/mol. The third-order valence-corrected chi connectivity index (χ3v) is 2.42. The molecule has 0 aromatic heterocycles. The van der Waals surface area contributed by atoms with Crippen LogP contribution < -0.4 is 9.64 Å². The maximum atomic E-state index is 10.7. The summed E-state index contributed by atoms with van der Waals surface area (Å²) in [5, 5.41) is 0. The predicted octanol–water partition coefficient (Wildman–Crippen LogP) is 2.11. The molecular formula is C12H15NO2. The Kier molecular flexibility index (Phi) is 2.62. The molecule has 1 aliphatic rings. The van der Waals surface area contributed by atoms with Crippen molar-refractivity contribution in [2.75, 3.05) is 19.0 Å². The molecule has 0 radical (unpaired) electrons. The van der Waals surface area contributed by atoms with Gasteiger partial charge in [-0.2, -0.15) is 0 Å². The van der Waals surface area contributed by atoms with Gasteiger partial charge in [-0.25, -0.2) is 0 Å². The molecule has 1 aromatic carbocycles. The van der Waals surface area contributed by atoms with Crippen LogP contribution in [0.5, 0.6) is 5.75 Å². The first-order valence-corrected chi connectivity index (χ1v) is 5.14. The Hall–Kier alpha value is -1.51. The summed E-state index contributed by atoms with van der Waals surface area (Å²) in [6, 6.07) is 5.51. The molecule has 0 amide bonds. The number of nitrogens with zero attached hydrogens (tertiary/aromatic N) is 1. The molecule has 1 fully saturated rings. The number of hydrogen-bond acceptors (Lipinski definition) is 3. The van der Waals surface area contributed by atoms with Crippen molar-refractivity contribution in [1.82, 2.24) is 0 Å². The zero-order valence-electron chi connectivity index (χ0n) is 9.06. The first-order chi connectivity index (χ1) is 7.20. The molecule has 0 aliphatic heterocycles. The van der Waals surface area contributed by atoms with Crippen molar-refractivity contribution in [1.29, 1.82) is 0 Å². The molecule has 0 unspecified atom stereocenters. The molecule has 2 rings (SSSR count). The summed E-state index contributed by atoms with van der Waals surface area (Å²) in [5.74, 6) is 0.869. The molecule has 15 heavy (non-hydrogen) atoms. The van der Waals surface area contributed by atoms with E-state index in [-0.39, 0.29) is 0 Å². The quantitative estimate of drug-likeness (QED) is 0.705. The Bertz CT molecular complexity index is 370. The lowest BCUT2D eigenvalue weighted by Crippen LogP contribution is -2.11. The SMILES string of the molecule is CN(C)c1cc(C=O)ccc1OC1CC1. The van der Waals surface area contributed by atoms with Crippen molar-refractivity contribution >= 4 is 12.0 Å². The maximum absolute atomic E-state index is 10.7. The number of benzene rings is 1. The Morgan fingerprint density at radius 1 is 1.40 bits per heavy atom. The van der Waals surface area contributed by atoms with E-state index in [0.717, 1.165) is 30.6 Å². The third-order valence-electron chi connectivity index (χ3n) is 2.42. The summed E-state index contributed by atoms with van der Waals surface area (Å²) in [6.45, 7) is 0. The highest BCUT2D eigenvalue weighted by Gasteiger charge is 2.24. The summed E-state index contributed by atoms with van der Waals surface area (Å²) in [6.07, 6.45) is 3.52. The van der Waals surface area contributed by atoms with E-state index in [1.54, 1.807) is 6.07 Å². The van der Waals surface area contributed by atoms with Crippen LogP contribution in [-0.4, -0.2) is 26.5 Å². The Labute approximate surface area is 89.7 Å². The van der Waals surface area contributed by atoms with Gasteiger partial charge >= 0.3 is 0 Å². The Balaban J connectivity index is 2.29. The fourth-order valence-corrected chi connectivity index (χ4v) is 1.42. The minimum atomic E-state index is 0.380. The van der Waals surface area contributed by atoms with Crippen molar-refractivity contribution in [3.63, 3.8) is 0 Å². The number of aldehydes is 1. The van der Waals surface area contributed by atoms with Crippen LogP contribution in [-0.2, 0) is 0 Å². The van der Waals surface area contributed by atoms with Gasteiger partial charge in [0.25, 0.3) is 0 Å². The molecule has 0 bridgehead atoms. The summed E-state index contributed by atoms with van der Waals surface area (Å²) in [7, 11) is 3.90. The second-order valence-corrected chi connectivity index (χ2v) is 4.06. The largest absolute Gasteiger partial charge is 0.488 e. The van der Waals surface area contributed by atoms with Gasteiger partial charge in [-0.3, -0.25) is 4.79 Å². The van der Waals surface area contributed by atoms with Crippen LogP contribution in [0.2, 0.25) is 0 Å². The van der Waals surface area contributed by atoms with E-state index in [0.29, 0.717) is 11.7 Å². The fraction of sp³-hybridized carbons (Fsp3) is 0.417. The number of carbonyl (C=O) groups excluding carboxylic acids is 1. The molecule has 0 N–H and O–H groups in total. The van der Waals surface area contributed by atoms with Crippen molar-refractivity contribution in [2.45, 2.75) is 18.9 Å². The number of rotatable bonds is 4. The summed E-state index contributed by atoms with van der Waals surface area (Å²) >= 11 is 0. The van der Waals surface area contributed by atoms with Gasteiger partial charge in [-0.15, -0.1) is 0 Å². The highest BCUT2D eigenvalue weighted by Crippen LogP contribution is 2.33. The lowest BCUT2D eigenvalue weighted by molar-refractivity contribution is 0.112. The van der Waals surface area contributed by atoms with Crippen LogP contribution in [0, 0.1) is 0 Å². The average molecular weight is 205 g/mol. The molecular weight excluding hydrogens is 190 g/mol. The van der Waals surface area contributed by atoms with Crippen LogP contribution in [0.3, 0.4) is 0 Å². The minimum Gasteiger partial charge on any atom is -0.488 e. The van der Waals surface area contributed by atoms with Crippen LogP contribution in [0.15, 0.2) is 18.2 Å². The zero-order chi connectivity index (χ0) is 10.8. The van der Waals surface area contributed by atoms with Crippen LogP contribution in [0.1, 0.15) is 23.2 Å². The molecule has 1 saturated carbocycles. The van der Waals surface area contributed by atoms with Gasteiger partial charge in [0.15, 0.2) is 0 Å². The van der Waals surface area contributed by atoms with Crippen molar-refractivity contribution in [3.8, 4) is 5.75 Å². The van der Waals surface area contributed by atoms with Crippen LogP contribution in [0.25, 0.3) is 0 Å². The van der Waals surface area contributed by atoms with Crippen molar-refractivity contribution in [2.24, 2.45) is 0 Å². The standard InChI is InChI=1S/C12H15NO2/c1-13(2)11-7-9(8-14)3-6-12(11)15-10-4-5-10/h3,6-8,10H,4-5H2,1-2H3. The number of carbonyl (C=O) groups is 1. The molecule has 0 spiro atoms. The molecule has 0 saturated heterocycles. The molecule has 3 nitrogen and oxygen atoms in total. The van der Waals surface area contributed by atoms with Gasteiger partial charge in [-0.05, 0) is 31.0 Å². The van der Waals surface area contributed by atoms with E-state index in [2.05, 4.69) is 0 Å². The van der Waals surface area contributed by atoms with Gasteiger partial charge in [0.05, 0.1) is 11.8 Å². The molecule has 3 heteroatoms. The van der Waals surface area contributed by atoms with E-state index in [9.17, 15) is 4.79 Å². The summed E-state index contributed by atoms with van der Waals surface area (Å²) in [5.41, 5.74) is 1.65. The normalized spacial score (nSPS) is 14.8. The number of ether oxygens (including phenoxy) is 1. The predicted molar refractivity (Wildman–Crippen MR) is 59.8 cm³/mol. The van der Waals surface area contributed by atoms with E-state index >= 15 is 0 Å². The fourth-order valence-electron chi connectivity index (χ4n) is 1.42. The number of hydrogen-bond donors (Lipinski definition) is 0. The smallest absolute Gasteiger partial charge is 0.150 e. The highest BCUT2D eigenvalue weighted by atomic mass is 16.5. The molecule has 80 valence electrons. The summed E-state index contributed by atoms with van der Waals surface area (Å²) < 4.78 is 5.76. The van der Waals surface area contributed by atoms with Gasteiger partial charge in [0, 0.05) is 19.7 Å².